The second-order valence-corrected chi connectivity index (χ2v) is 5.28. The van der Waals surface area contributed by atoms with Crippen molar-refractivity contribution in [1.82, 2.24) is 4.98 Å². The largest absolute Gasteiger partial charge is 0.426 e. The summed E-state index contributed by atoms with van der Waals surface area (Å²) >= 11 is 1.61. The lowest BCUT2D eigenvalue weighted by molar-refractivity contribution is -0.133. The number of para-hydroxylation sites is 1. The molecule has 3 aromatic rings. The molecule has 3 rings (SSSR count). The predicted molar refractivity (Wildman–Crippen MR) is 81.0 cm³/mol. The van der Waals surface area contributed by atoms with Crippen molar-refractivity contribution >= 4 is 28.2 Å². The molecule has 0 saturated carbocycles. The molecule has 0 N–H and O–H groups in total. The molecule has 0 radical (unpaired) electrons. The number of thiophene rings is 1. The van der Waals surface area contributed by atoms with Crippen LogP contribution in [0, 0.1) is 0 Å². The first-order valence-corrected chi connectivity index (χ1v) is 7.30. The summed E-state index contributed by atoms with van der Waals surface area (Å²) in [7, 11) is 0. The summed E-state index contributed by atoms with van der Waals surface area (Å²) in [4.78, 5) is 17.3. The Balaban J connectivity index is 2.17. The highest BCUT2D eigenvalue weighted by molar-refractivity contribution is 7.13. The molecular formula is C16H13NO2S. The molecule has 100 valence electrons. The summed E-state index contributed by atoms with van der Waals surface area (Å²) in [6.45, 7) is 1.78. The van der Waals surface area contributed by atoms with Crippen LogP contribution in [-0.4, -0.2) is 11.0 Å². The summed E-state index contributed by atoms with van der Waals surface area (Å²) in [5, 5.41) is 2.86. The Kier molecular flexibility index (Phi) is 3.48. The molecule has 20 heavy (non-hydrogen) atoms. The number of fused-ring (bicyclic) bond motifs is 1. The molecule has 0 amide bonds. The van der Waals surface area contributed by atoms with Crippen LogP contribution >= 0.6 is 11.3 Å². The number of benzene rings is 1. The lowest BCUT2D eigenvalue weighted by Gasteiger charge is -2.08. The Morgan fingerprint density at radius 1 is 1.25 bits per heavy atom. The maximum Gasteiger partial charge on any atom is 0.310 e. The summed E-state index contributed by atoms with van der Waals surface area (Å²) in [6.07, 6.45) is 0.352. The summed E-state index contributed by atoms with van der Waals surface area (Å²) in [5.41, 5.74) is 1.66. The van der Waals surface area contributed by atoms with Gasteiger partial charge < -0.3 is 4.74 Å². The van der Waals surface area contributed by atoms with Crippen LogP contribution in [0.4, 0.5) is 0 Å². The van der Waals surface area contributed by atoms with Gasteiger partial charge >= 0.3 is 5.97 Å². The van der Waals surface area contributed by atoms with Gasteiger partial charge in [-0.05, 0) is 23.6 Å². The fourth-order valence-electron chi connectivity index (χ4n) is 1.97. The predicted octanol–water partition coefficient (Wildman–Crippen LogP) is 4.28. The van der Waals surface area contributed by atoms with Crippen LogP contribution in [0.25, 0.3) is 21.5 Å². The lowest BCUT2D eigenvalue weighted by atomic mass is 10.1. The van der Waals surface area contributed by atoms with Crippen molar-refractivity contribution < 1.29 is 9.53 Å². The lowest BCUT2D eigenvalue weighted by Crippen LogP contribution is -2.06. The van der Waals surface area contributed by atoms with E-state index in [4.69, 9.17) is 4.74 Å². The quantitative estimate of drug-likeness (QED) is 0.673. The number of aromatic nitrogens is 1. The van der Waals surface area contributed by atoms with Crippen molar-refractivity contribution in [2.24, 2.45) is 0 Å². The molecule has 1 aromatic carbocycles. The molecular weight excluding hydrogens is 270 g/mol. The van der Waals surface area contributed by atoms with Crippen LogP contribution in [0.1, 0.15) is 13.3 Å². The molecule has 0 saturated heterocycles. The minimum Gasteiger partial charge on any atom is -0.426 e. The Morgan fingerprint density at radius 2 is 2.10 bits per heavy atom. The van der Waals surface area contributed by atoms with E-state index in [-0.39, 0.29) is 5.97 Å². The highest BCUT2D eigenvalue weighted by Gasteiger charge is 2.11. The molecule has 0 aliphatic heterocycles. The highest BCUT2D eigenvalue weighted by Crippen LogP contribution is 2.32. The van der Waals surface area contributed by atoms with Gasteiger partial charge in [0.1, 0.15) is 5.75 Å². The normalized spacial score (nSPS) is 10.7. The van der Waals surface area contributed by atoms with Gasteiger partial charge in [0, 0.05) is 17.9 Å². The minimum absolute atomic E-state index is 0.238. The van der Waals surface area contributed by atoms with Gasteiger partial charge in [0.25, 0.3) is 0 Å². The third kappa shape index (κ3) is 2.42. The molecule has 2 heterocycles. The summed E-state index contributed by atoms with van der Waals surface area (Å²) < 4.78 is 5.44. The molecule has 0 aliphatic carbocycles. The highest BCUT2D eigenvalue weighted by atomic mass is 32.1. The van der Waals surface area contributed by atoms with Gasteiger partial charge in [-0.3, -0.25) is 4.79 Å². The maximum absolute atomic E-state index is 11.6. The number of rotatable bonds is 3. The van der Waals surface area contributed by atoms with Gasteiger partial charge in [-0.2, -0.15) is 0 Å². The van der Waals surface area contributed by atoms with E-state index in [1.807, 2.05) is 47.8 Å². The van der Waals surface area contributed by atoms with E-state index in [9.17, 15) is 4.79 Å². The molecule has 3 nitrogen and oxygen atoms in total. The van der Waals surface area contributed by atoms with Gasteiger partial charge in [-0.25, -0.2) is 4.98 Å². The van der Waals surface area contributed by atoms with Gasteiger partial charge in [-0.1, -0.05) is 25.1 Å². The van der Waals surface area contributed by atoms with Crippen molar-refractivity contribution in [3.05, 3.63) is 47.8 Å². The Hall–Kier alpha value is -2.20. The molecule has 0 spiro atoms. The van der Waals surface area contributed by atoms with Crippen molar-refractivity contribution in [2.45, 2.75) is 13.3 Å². The number of hydrogen-bond acceptors (Lipinski definition) is 4. The van der Waals surface area contributed by atoms with E-state index in [1.165, 1.54) is 0 Å². The van der Waals surface area contributed by atoms with Crippen molar-refractivity contribution in [1.29, 1.82) is 0 Å². The fraction of sp³-hybridized carbons (Fsp3) is 0.125. The van der Waals surface area contributed by atoms with Gasteiger partial charge in [0.2, 0.25) is 0 Å². The van der Waals surface area contributed by atoms with Crippen molar-refractivity contribution in [3.8, 4) is 16.3 Å². The number of pyridine rings is 1. The Labute approximate surface area is 120 Å². The second-order valence-electron chi connectivity index (χ2n) is 4.33. The molecule has 0 fully saturated rings. The zero-order valence-corrected chi connectivity index (χ0v) is 11.8. The summed E-state index contributed by atoms with van der Waals surface area (Å²) in [6, 6.07) is 13.5. The SMILES string of the molecule is CCC(=O)Oc1cc(-c2cccs2)nc2ccccc12. The topological polar surface area (TPSA) is 39.2 Å². The van der Waals surface area contributed by atoms with E-state index in [2.05, 4.69) is 4.98 Å². The van der Waals surface area contributed by atoms with Crippen LogP contribution in [0.15, 0.2) is 47.8 Å². The Morgan fingerprint density at radius 3 is 2.85 bits per heavy atom. The van der Waals surface area contributed by atoms with E-state index >= 15 is 0 Å². The molecule has 0 unspecified atom stereocenters. The Bertz CT molecular complexity index is 750. The van der Waals surface area contributed by atoms with Crippen LogP contribution in [0.2, 0.25) is 0 Å². The van der Waals surface area contributed by atoms with Crippen molar-refractivity contribution in [3.63, 3.8) is 0 Å². The average Bonchev–Trinajstić information content (AvgIpc) is 3.01. The van der Waals surface area contributed by atoms with E-state index < -0.39 is 0 Å². The number of esters is 1. The zero-order chi connectivity index (χ0) is 13.9. The molecule has 0 aliphatic rings. The van der Waals surface area contributed by atoms with Crippen LogP contribution < -0.4 is 4.74 Å². The minimum atomic E-state index is -0.238. The first-order valence-electron chi connectivity index (χ1n) is 6.42. The molecule has 0 bridgehead atoms. The number of carbonyl (C=O) groups is 1. The third-order valence-electron chi connectivity index (χ3n) is 2.96. The molecule has 0 atom stereocenters. The first kappa shape index (κ1) is 12.8. The average molecular weight is 283 g/mol. The number of nitrogens with zero attached hydrogens (tertiary/aromatic N) is 1. The van der Waals surface area contributed by atoms with E-state index in [0.717, 1.165) is 21.5 Å². The second kappa shape index (κ2) is 5.43. The van der Waals surface area contributed by atoms with E-state index in [0.29, 0.717) is 12.2 Å². The summed E-state index contributed by atoms with van der Waals surface area (Å²) in [5.74, 6) is 0.337. The van der Waals surface area contributed by atoms with E-state index in [1.54, 1.807) is 18.3 Å². The molecule has 2 aromatic heterocycles. The van der Waals surface area contributed by atoms with Gasteiger partial charge in [0.05, 0.1) is 16.1 Å². The first-order chi connectivity index (χ1) is 9.78. The fourth-order valence-corrected chi connectivity index (χ4v) is 2.66. The monoisotopic (exact) mass is 283 g/mol. The van der Waals surface area contributed by atoms with Crippen LogP contribution in [-0.2, 0) is 4.79 Å². The zero-order valence-electron chi connectivity index (χ0n) is 11.0. The van der Waals surface area contributed by atoms with Crippen LogP contribution in [0.5, 0.6) is 5.75 Å². The number of hydrogen-bond donors (Lipinski definition) is 0. The van der Waals surface area contributed by atoms with Gasteiger partial charge in [-0.15, -0.1) is 11.3 Å². The standard InChI is InChI=1S/C16H13NO2S/c1-2-16(18)19-14-10-13(15-8-5-9-20-15)17-12-7-4-3-6-11(12)14/h3-10H,2H2,1H3. The smallest absolute Gasteiger partial charge is 0.310 e. The maximum atomic E-state index is 11.6. The molecule has 4 heteroatoms. The third-order valence-corrected chi connectivity index (χ3v) is 3.86. The van der Waals surface area contributed by atoms with Crippen molar-refractivity contribution in [2.75, 3.05) is 0 Å². The van der Waals surface area contributed by atoms with Gasteiger partial charge in [0.15, 0.2) is 0 Å². The van der Waals surface area contributed by atoms with Crippen LogP contribution in [0.3, 0.4) is 0 Å². The number of carbonyl (C=O) groups excluding carboxylic acids is 1. The number of ether oxygens (including phenoxy) is 1.